The number of carbonyl (C=O) groups excluding carboxylic acids is 1. The number of benzene rings is 1. The van der Waals surface area contributed by atoms with Crippen LogP contribution in [-0.2, 0) is 16.6 Å². The van der Waals surface area contributed by atoms with Crippen molar-refractivity contribution < 1.29 is 9.90 Å². The SMILES string of the molecule is C[C@@]1(c2ccc(Cl)c(O)c2)C(=O)Nc2nc(-c3cn4ccnc4c(CCC4CCCCC4)n3)nc(N)c21. The third kappa shape index (κ3) is 3.98. The van der Waals surface area contributed by atoms with Gasteiger partial charge >= 0.3 is 0 Å². The monoisotopic (exact) mass is 517 g/mol. The fraction of sp³-hybridized carbons (Fsp3) is 0.370. The molecule has 1 aromatic carbocycles. The highest BCUT2D eigenvalue weighted by Gasteiger charge is 2.47. The van der Waals surface area contributed by atoms with Gasteiger partial charge in [0.05, 0.1) is 16.3 Å². The lowest BCUT2D eigenvalue weighted by Gasteiger charge is -2.23. The molecule has 4 aromatic rings. The molecule has 1 aliphatic heterocycles. The number of phenolic OH excluding ortho intramolecular Hbond substituents is 1. The van der Waals surface area contributed by atoms with E-state index in [4.69, 9.17) is 22.3 Å². The Labute approximate surface area is 219 Å². The Balaban J connectivity index is 1.39. The number of anilines is 2. The molecule has 2 aliphatic rings. The molecule has 10 heteroatoms. The van der Waals surface area contributed by atoms with Crippen molar-refractivity contribution in [1.82, 2.24) is 24.3 Å². The first-order valence-electron chi connectivity index (χ1n) is 12.7. The molecule has 0 spiro atoms. The summed E-state index contributed by atoms with van der Waals surface area (Å²) >= 11 is 5.99. The third-order valence-corrected chi connectivity index (χ3v) is 8.15. The van der Waals surface area contributed by atoms with Crippen molar-refractivity contribution in [1.29, 1.82) is 0 Å². The second-order valence-electron chi connectivity index (χ2n) is 10.2. The van der Waals surface area contributed by atoms with Gasteiger partial charge in [-0.2, -0.15) is 0 Å². The van der Waals surface area contributed by atoms with Crippen molar-refractivity contribution in [3.05, 3.63) is 58.6 Å². The number of imidazole rings is 1. The summed E-state index contributed by atoms with van der Waals surface area (Å²) in [5.41, 5.74) is 8.57. The molecule has 37 heavy (non-hydrogen) atoms. The van der Waals surface area contributed by atoms with Gasteiger partial charge in [0, 0.05) is 18.6 Å². The Morgan fingerprint density at radius 2 is 2.03 bits per heavy atom. The summed E-state index contributed by atoms with van der Waals surface area (Å²) in [4.78, 5) is 31.9. The third-order valence-electron chi connectivity index (χ3n) is 7.83. The van der Waals surface area contributed by atoms with E-state index in [0.29, 0.717) is 28.5 Å². The molecule has 190 valence electrons. The average molecular weight is 518 g/mol. The van der Waals surface area contributed by atoms with Gasteiger partial charge in [-0.15, -0.1) is 0 Å². The lowest BCUT2D eigenvalue weighted by molar-refractivity contribution is -0.119. The minimum absolute atomic E-state index is 0.114. The summed E-state index contributed by atoms with van der Waals surface area (Å²) in [6.45, 7) is 1.73. The first-order valence-corrected chi connectivity index (χ1v) is 13.0. The Hall–Kier alpha value is -3.72. The van der Waals surface area contributed by atoms with Crippen molar-refractivity contribution in [3.8, 4) is 17.3 Å². The topological polar surface area (TPSA) is 131 Å². The molecule has 4 heterocycles. The van der Waals surface area contributed by atoms with E-state index in [-0.39, 0.29) is 22.5 Å². The number of carbonyl (C=O) groups is 1. The van der Waals surface area contributed by atoms with Crippen molar-refractivity contribution in [2.45, 2.75) is 57.3 Å². The molecule has 0 bridgehead atoms. The fourth-order valence-electron chi connectivity index (χ4n) is 5.71. The number of phenols is 1. The van der Waals surface area contributed by atoms with Crippen LogP contribution in [0.25, 0.3) is 17.2 Å². The zero-order chi connectivity index (χ0) is 25.7. The highest BCUT2D eigenvalue weighted by molar-refractivity contribution is 6.32. The molecule has 1 saturated carbocycles. The predicted molar refractivity (Wildman–Crippen MR) is 142 cm³/mol. The molecule has 9 nitrogen and oxygen atoms in total. The minimum Gasteiger partial charge on any atom is -0.506 e. The summed E-state index contributed by atoms with van der Waals surface area (Å²) in [6.07, 6.45) is 13.9. The van der Waals surface area contributed by atoms with Gasteiger partial charge in [0.25, 0.3) is 0 Å². The quantitative estimate of drug-likeness (QED) is 0.343. The number of fused-ring (bicyclic) bond motifs is 2. The summed E-state index contributed by atoms with van der Waals surface area (Å²) in [6, 6.07) is 4.71. The predicted octanol–water partition coefficient (Wildman–Crippen LogP) is 4.90. The zero-order valence-electron chi connectivity index (χ0n) is 20.5. The molecular weight excluding hydrogens is 490 g/mol. The van der Waals surface area contributed by atoms with Crippen molar-refractivity contribution in [2.75, 3.05) is 11.1 Å². The number of rotatable bonds is 5. The number of nitrogens with two attached hydrogens (primary N) is 1. The van der Waals surface area contributed by atoms with E-state index in [2.05, 4.69) is 20.3 Å². The van der Waals surface area contributed by atoms with Crippen LogP contribution in [0.15, 0.2) is 36.8 Å². The molecule has 1 fully saturated rings. The molecule has 0 radical (unpaired) electrons. The van der Waals surface area contributed by atoms with Gasteiger partial charge in [-0.25, -0.2) is 19.9 Å². The van der Waals surface area contributed by atoms with E-state index in [1.165, 1.54) is 38.2 Å². The number of aryl methyl sites for hydroxylation is 1. The van der Waals surface area contributed by atoms with Crippen LogP contribution in [0.1, 0.15) is 62.3 Å². The summed E-state index contributed by atoms with van der Waals surface area (Å²) in [7, 11) is 0. The van der Waals surface area contributed by atoms with Crippen LogP contribution in [-0.4, -0.2) is 35.4 Å². The summed E-state index contributed by atoms with van der Waals surface area (Å²) < 4.78 is 1.94. The number of nitrogen functional groups attached to an aromatic ring is 1. The number of aromatic nitrogens is 5. The van der Waals surface area contributed by atoms with E-state index >= 15 is 0 Å². The molecule has 6 rings (SSSR count). The van der Waals surface area contributed by atoms with E-state index < -0.39 is 5.41 Å². The fourth-order valence-corrected chi connectivity index (χ4v) is 5.83. The first-order chi connectivity index (χ1) is 17.8. The van der Waals surface area contributed by atoms with Crippen LogP contribution < -0.4 is 11.1 Å². The molecule has 4 N–H and O–H groups in total. The Morgan fingerprint density at radius 1 is 1.22 bits per heavy atom. The number of halogens is 1. The minimum atomic E-state index is -1.19. The van der Waals surface area contributed by atoms with Crippen molar-refractivity contribution >= 4 is 34.8 Å². The largest absolute Gasteiger partial charge is 0.506 e. The highest BCUT2D eigenvalue weighted by atomic mass is 35.5. The number of hydrogen-bond donors (Lipinski definition) is 3. The second-order valence-corrected chi connectivity index (χ2v) is 10.6. The van der Waals surface area contributed by atoms with Crippen LogP contribution >= 0.6 is 11.6 Å². The first kappa shape index (κ1) is 23.7. The maximum Gasteiger partial charge on any atom is 0.240 e. The standard InChI is InChI=1S/C27H28ClN7O2/c1-27(16-8-9-17(28)20(36)13-16)21-22(29)32-23(33-24(21)34-26(27)37)19-14-35-12-11-30-25(35)18(31-19)10-7-15-5-3-2-4-6-15/h8-9,11-15,36H,2-7,10H2,1H3,(H3,29,32,33,34,37)/t27-/m0/s1. The Bertz CT molecular complexity index is 1530. The zero-order valence-corrected chi connectivity index (χ0v) is 21.3. The molecule has 1 aliphatic carbocycles. The molecule has 0 unspecified atom stereocenters. The van der Waals surface area contributed by atoms with E-state index in [1.54, 1.807) is 25.3 Å². The maximum atomic E-state index is 13.2. The van der Waals surface area contributed by atoms with Crippen LogP contribution in [0.2, 0.25) is 5.02 Å². The van der Waals surface area contributed by atoms with Crippen LogP contribution in [0.5, 0.6) is 5.75 Å². The van der Waals surface area contributed by atoms with E-state index in [9.17, 15) is 9.90 Å². The van der Waals surface area contributed by atoms with Gasteiger partial charge in [0.15, 0.2) is 11.5 Å². The molecule has 0 saturated heterocycles. The van der Waals surface area contributed by atoms with Crippen LogP contribution in [0.4, 0.5) is 11.6 Å². The Morgan fingerprint density at radius 3 is 2.81 bits per heavy atom. The lowest BCUT2D eigenvalue weighted by atomic mass is 9.77. The molecule has 1 atom stereocenters. The smallest absolute Gasteiger partial charge is 0.240 e. The lowest BCUT2D eigenvalue weighted by Crippen LogP contribution is -2.32. The van der Waals surface area contributed by atoms with Gasteiger partial charge in [-0.1, -0.05) is 49.8 Å². The number of hydrogen-bond acceptors (Lipinski definition) is 7. The van der Waals surface area contributed by atoms with Crippen molar-refractivity contribution in [2.24, 2.45) is 5.92 Å². The second kappa shape index (κ2) is 8.99. The van der Waals surface area contributed by atoms with Crippen LogP contribution in [0, 0.1) is 5.92 Å². The normalized spacial score (nSPS) is 19.8. The maximum absolute atomic E-state index is 13.2. The van der Waals surface area contributed by atoms with Gasteiger partial charge in [-0.05, 0) is 43.4 Å². The van der Waals surface area contributed by atoms with Gasteiger partial charge in [-0.3, -0.25) is 4.79 Å². The van der Waals surface area contributed by atoms with E-state index in [1.807, 2.05) is 16.8 Å². The number of aromatic hydroxyl groups is 1. The molecule has 1 amide bonds. The number of nitrogens with zero attached hydrogens (tertiary/aromatic N) is 5. The van der Waals surface area contributed by atoms with Crippen LogP contribution in [0.3, 0.4) is 0 Å². The van der Waals surface area contributed by atoms with Crippen molar-refractivity contribution in [3.63, 3.8) is 0 Å². The van der Waals surface area contributed by atoms with E-state index in [0.717, 1.165) is 30.1 Å². The van der Waals surface area contributed by atoms with Gasteiger partial charge in [0.1, 0.15) is 28.5 Å². The molecular formula is C27H28ClN7O2. The number of nitrogens with one attached hydrogen (secondary N) is 1. The van der Waals surface area contributed by atoms with Gasteiger partial charge in [0.2, 0.25) is 5.91 Å². The summed E-state index contributed by atoms with van der Waals surface area (Å²) in [5.74, 6) is 1.13. The van der Waals surface area contributed by atoms with Gasteiger partial charge < -0.3 is 20.6 Å². The summed E-state index contributed by atoms with van der Waals surface area (Å²) in [5, 5.41) is 13.2. The molecule has 3 aromatic heterocycles. The Kier molecular flexibility index (Phi) is 5.75. The average Bonchev–Trinajstić information content (AvgIpc) is 3.47. The highest BCUT2D eigenvalue weighted by Crippen LogP contribution is 2.46. The number of amides is 1.